The molecular formula is C9H13N3O4S. The van der Waals surface area contributed by atoms with Crippen molar-refractivity contribution in [1.29, 1.82) is 0 Å². The average Bonchev–Trinajstić information content (AvgIpc) is 2.77. The number of aromatic nitrogens is 2. The zero-order valence-electron chi connectivity index (χ0n) is 9.47. The van der Waals surface area contributed by atoms with Crippen LogP contribution in [0.15, 0.2) is 0 Å². The van der Waals surface area contributed by atoms with Gasteiger partial charge in [0, 0.05) is 7.11 Å². The standard InChI is InChI=1S/C9H13N3O4S/c1-3-5-7(17-12-11-5)8(13)10-4-6(16-2)9(14)15/h6H,3-4H2,1-2H3,(H,10,13)(H,14,15). The third-order valence-corrected chi connectivity index (χ3v) is 2.87. The number of nitrogens with one attached hydrogen (secondary N) is 1. The lowest BCUT2D eigenvalue weighted by atomic mass is 10.3. The Morgan fingerprint density at radius 1 is 1.59 bits per heavy atom. The third kappa shape index (κ3) is 3.46. The van der Waals surface area contributed by atoms with E-state index in [1.807, 2.05) is 6.92 Å². The number of carboxylic acid groups (broad SMARTS) is 1. The van der Waals surface area contributed by atoms with Gasteiger partial charge in [0.25, 0.3) is 5.91 Å². The summed E-state index contributed by atoms with van der Waals surface area (Å²) in [5, 5.41) is 15.0. The van der Waals surface area contributed by atoms with Crippen molar-refractivity contribution in [2.45, 2.75) is 19.4 Å². The second-order valence-corrected chi connectivity index (χ2v) is 3.93. The summed E-state index contributed by atoms with van der Waals surface area (Å²) in [6.07, 6.45) is -0.448. The smallest absolute Gasteiger partial charge is 0.334 e. The van der Waals surface area contributed by atoms with Gasteiger partial charge in [-0.2, -0.15) is 0 Å². The molecule has 1 aromatic heterocycles. The highest BCUT2D eigenvalue weighted by molar-refractivity contribution is 7.08. The normalized spacial score (nSPS) is 12.1. The fourth-order valence-electron chi connectivity index (χ4n) is 1.15. The monoisotopic (exact) mass is 259 g/mol. The number of aryl methyl sites for hydroxylation is 1. The topological polar surface area (TPSA) is 101 Å². The van der Waals surface area contributed by atoms with Gasteiger partial charge in [-0.25, -0.2) is 4.79 Å². The predicted molar refractivity (Wildman–Crippen MR) is 60.1 cm³/mol. The Balaban J connectivity index is 2.58. The molecule has 0 spiro atoms. The summed E-state index contributed by atoms with van der Waals surface area (Å²) in [5.41, 5.74) is 0.608. The zero-order chi connectivity index (χ0) is 12.8. The van der Waals surface area contributed by atoms with Crippen molar-refractivity contribution in [2.24, 2.45) is 0 Å². The summed E-state index contributed by atoms with van der Waals surface area (Å²) in [5.74, 6) is -1.49. The number of carboxylic acids is 1. The summed E-state index contributed by atoms with van der Waals surface area (Å²) >= 11 is 0.988. The van der Waals surface area contributed by atoms with Crippen LogP contribution >= 0.6 is 11.5 Å². The molecule has 1 unspecified atom stereocenters. The molecule has 8 heteroatoms. The molecule has 0 aromatic carbocycles. The lowest BCUT2D eigenvalue weighted by molar-refractivity contribution is -0.147. The number of carbonyl (C=O) groups excluding carboxylic acids is 1. The second-order valence-electron chi connectivity index (χ2n) is 3.17. The van der Waals surface area contributed by atoms with E-state index in [-0.39, 0.29) is 12.5 Å². The van der Waals surface area contributed by atoms with Crippen LogP contribution in [0.25, 0.3) is 0 Å². The zero-order valence-corrected chi connectivity index (χ0v) is 10.3. The maximum atomic E-state index is 11.7. The van der Waals surface area contributed by atoms with Crippen molar-refractivity contribution in [3.8, 4) is 0 Å². The minimum Gasteiger partial charge on any atom is -0.479 e. The molecule has 1 amide bonds. The second kappa shape index (κ2) is 6.26. The number of rotatable bonds is 6. The molecule has 17 heavy (non-hydrogen) atoms. The van der Waals surface area contributed by atoms with Crippen LogP contribution in [-0.2, 0) is 16.0 Å². The maximum absolute atomic E-state index is 11.7. The van der Waals surface area contributed by atoms with Gasteiger partial charge in [0.05, 0.1) is 12.2 Å². The number of hydrogen-bond acceptors (Lipinski definition) is 6. The molecule has 94 valence electrons. The molecule has 0 bridgehead atoms. The van der Waals surface area contributed by atoms with E-state index in [0.29, 0.717) is 17.0 Å². The van der Waals surface area contributed by atoms with Crippen LogP contribution < -0.4 is 5.32 Å². The van der Waals surface area contributed by atoms with Crippen LogP contribution in [0.4, 0.5) is 0 Å². The molecule has 0 aliphatic rings. The first-order valence-electron chi connectivity index (χ1n) is 4.95. The summed E-state index contributed by atoms with van der Waals surface area (Å²) in [7, 11) is 1.27. The van der Waals surface area contributed by atoms with Crippen molar-refractivity contribution in [2.75, 3.05) is 13.7 Å². The summed E-state index contributed by atoms with van der Waals surface area (Å²) < 4.78 is 8.37. The van der Waals surface area contributed by atoms with Gasteiger partial charge >= 0.3 is 5.97 Å². The molecule has 1 atom stereocenters. The van der Waals surface area contributed by atoms with Gasteiger partial charge < -0.3 is 15.2 Å². The largest absolute Gasteiger partial charge is 0.479 e. The molecule has 1 aromatic rings. The van der Waals surface area contributed by atoms with Crippen molar-refractivity contribution < 1.29 is 19.4 Å². The van der Waals surface area contributed by atoms with Crippen molar-refractivity contribution in [3.05, 3.63) is 10.6 Å². The molecule has 0 saturated heterocycles. The minimum absolute atomic E-state index is 0.0915. The van der Waals surface area contributed by atoms with Gasteiger partial charge in [-0.1, -0.05) is 11.4 Å². The predicted octanol–water partition coefficient (Wildman–Crippen LogP) is -0.0701. The Hall–Kier alpha value is -1.54. The Bertz CT molecular complexity index is 407. The number of hydrogen-bond donors (Lipinski definition) is 2. The molecule has 0 fully saturated rings. The van der Waals surface area contributed by atoms with E-state index in [4.69, 9.17) is 9.84 Å². The Morgan fingerprint density at radius 2 is 2.29 bits per heavy atom. The summed E-state index contributed by atoms with van der Waals surface area (Å²) in [6, 6.07) is 0. The Morgan fingerprint density at radius 3 is 2.82 bits per heavy atom. The van der Waals surface area contributed by atoms with Crippen molar-refractivity contribution >= 4 is 23.4 Å². The molecule has 0 radical (unpaired) electrons. The van der Waals surface area contributed by atoms with E-state index in [1.165, 1.54) is 7.11 Å². The fourth-order valence-corrected chi connectivity index (χ4v) is 1.82. The molecule has 0 aliphatic carbocycles. The number of aliphatic carboxylic acids is 1. The van der Waals surface area contributed by atoms with Crippen LogP contribution in [0.2, 0.25) is 0 Å². The lowest BCUT2D eigenvalue weighted by Gasteiger charge is -2.10. The number of ether oxygens (including phenoxy) is 1. The van der Waals surface area contributed by atoms with Gasteiger partial charge in [0.2, 0.25) is 0 Å². The van der Waals surface area contributed by atoms with Crippen molar-refractivity contribution in [3.63, 3.8) is 0 Å². The summed E-state index contributed by atoms with van der Waals surface area (Å²) in [6.45, 7) is 1.77. The summed E-state index contributed by atoms with van der Waals surface area (Å²) in [4.78, 5) is 22.8. The number of nitrogens with zero attached hydrogens (tertiary/aromatic N) is 2. The molecule has 1 rings (SSSR count). The number of methoxy groups -OCH3 is 1. The van der Waals surface area contributed by atoms with Gasteiger partial charge in [-0.15, -0.1) is 5.10 Å². The highest BCUT2D eigenvalue weighted by Gasteiger charge is 2.20. The number of carbonyl (C=O) groups is 2. The maximum Gasteiger partial charge on any atom is 0.334 e. The Labute approximate surface area is 102 Å². The first-order chi connectivity index (χ1) is 8.10. The molecule has 2 N–H and O–H groups in total. The molecule has 7 nitrogen and oxygen atoms in total. The lowest BCUT2D eigenvalue weighted by Crippen LogP contribution is -2.37. The average molecular weight is 259 g/mol. The quantitative estimate of drug-likeness (QED) is 0.741. The van der Waals surface area contributed by atoms with E-state index in [1.54, 1.807) is 0 Å². The van der Waals surface area contributed by atoms with E-state index >= 15 is 0 Å². The molecular weight excluding hydrogens is 246 g/mol. The third-order valence-electron chi connectivity index (χ3n) is 2.10. The van der Waals surface area contributed by atoms with Gasteiger partial charge in [-0.05, 0) is 18.0 Å². The molecule has 0 saturated carbocycles. The van der Waals surface area contributed by atoms with Gasteiger partial charge in [0.15, 0.2) is 6.10 Å². The van der Waals surface area contributed by atoms with Gasteiger partial charge in [-0.3, -0.25) is 4.79 Å². The highest BCUT2D eigenvalue weighted by Crippen LogP contribution is 2.10. The van der Waals surface area contributed by atoms with Crippen LogP contribution in [-0.4, -0.2) is 46.3 Å². The highest BCUT2D eigenvalue weighted by atomic mass is 32.1. The minimum atomic E-state index is -1.12. The molecule has 0 aliphatic heterocycles. The van der Waals surface area contributed by atoms with E-state index < -0.39 is 12.1 Å². The van der Waals surface area contributed by atoms with E-state index in [2.05, 4.69) is 14.9 Å². The van der Waals surface area contributed by atoms with Crippen LogP contribution in [0.5, 0.6) is 0 Å². The van der Waals surface area contributed by atoms with Crippen molar-refractivity contribution in [1.82, 2.24) is 14.9 Å². The molecule has 1 heterocycles. The van der Waals surface area contributed by atoms with Crippen LogP contribution in [0.1, 0.15) is 22.3 Å². The Kier molecular flexibility index (Phi) is 4.98. The SMILES string of the molecule is CCc1nnsc1C(=O)NCC(OC)C(=O)O. The fraction of sp³-hybridized carbons (Fsp3) is 0.556. The first kappa shape index (κ1) is 13.5. The van der Waals surface area contributed by atoms with Crippen LogP contribution in [0, 0.1) is 0 Å². The first-order valence-corrected chi connectivity index (χ1v) is 5.72. The van der Waals surface area contributed by atoms with Crippen LogP contribution in [0.3, 0.4) is 0 Å². The van der Waals surface area contributed by atoms with Gasteiger partial charge in [0.1, 0.15) is 4.88 Å². The number of amides is 1. The van der Waals surface area contributed by atoms with E-state index in [0.717, 1.165) is 11.5 Å². The van der Waals surface area contributed by atoms with E-state index in [9.17, 15) is 9.59 Å².